The van der Waals surface area contributed by atoms with Crippen LogP contribution in [0.2, 0.25) is 0 Å². The Labute approximate surface area is 145 Å². The molecule has 0 unspecified atom stereocenters. The number of phenolic OH excluding ortho intramolecular Hbond substituents is 1. The molecule has 0 amide bonds. The summed E-state index contributed by atoms with van der Waals surface area (Å²) in [7, 11) is 1.71. The van der Waals surface area contributed by atoms with Crippen molar-refractivity contribution in [3.05, 3.63) is 23.3 Å². The van der Waals surface area contributed by atoms with E-state index in [-0.39, 0.29) is 5.41 Å². The predicted molar refractivity (Wildman–Crippen MR) is 97.3 cm³/mol. The minimum absolute atomic E-state index is 0.167. The first kappa shape index (κ1) is 16.0. The zero-order chi connectivity index (χ0) is 16.7. The van der Waals surface area contributed by atoms with E-state index in [2.05, 4.69) is 18.0 Å². The van der Waals surface area contributed by atoms with Crippen LogP contribution in [0.4, 0.5) is 0 Å². The number of aliphatic imine (C=N–C) groups is 1. The minimum Gasteiger partial charge on any atom is -0.507 e. The van der Waals surface area contributed by atoms with Gasteiger partial charge in [-0.3, -0.25) is 4.99 Å². The minimum atomic E-state index is 0.167. The van der Waals surface area contributed by atoms with Gasteiger partial charge in [-0.2, -0.15) is 0 Å². The Kier molecular flexibility index (Phi) is 4.06. The summed E-state index contributed by atoms with van der Waals surface area (Å²) in [6.45, 7) is 2.91. The van der Waals surface area contributed by atoms with Crippen LogP contribution in [-0.2, 0) is 5.41 Å². The van der Waals surface area contributed by atoms with Crippen LogP contribution < -0.4 is 4.74 Å². The van der Waals surface area contributed by atoms with Gasteiger partial charge in [0.2, 0.25) is 0 Å². The van der Waals surface area contributed by atoms with E-state index in [1.807, 2.05) is 12.3 Å². The molecule has 4 fully saturated rings. The van der Waals surface area contributed by atoms with Gasteiger partial charge in [-0.15, -0.1) is 0 Å². The summed E-state index contributed by atoms with van der Waals surface area (Å²) in [4.78, 5) is 4.44. The van der Waals surface area contributed by atoms with Crippen LogP contribution in [0.15, 0.2) is 17.1 Å². The molecule has 4 aliphatic carbocycles. The number of hydrogen-bond acceptors (Lipinski definition) is 3. The highest BCUT2D eigenvalue weighted by molar-refractivity contribution is 5.85. The number of benzene rings is 1. The summed E-state index contributed by atoms with van der Waals surface area (Å²) >= 11 is 0. The monoisotopic (exact) mass is 327 g/mol. The van der Waals surface area contributed by atoms with Crippen molar-refractivity contribution in [1.82, 2.24) is 0 Å². The number of aromatic hydroxyl groups is 1. The molecule has 5 rings (SSSR count). The lowest BCUT2D eigenvalue weighted by Gasteiger charge is -2.57. The Morgan fingerprint density at radius 3 is 2.33 bits per heavy atom. The highest BCUT2D eigenvalue weighted by Crippen LogP contribution is 2.62. The normalized spacial score (nSPS) is 34.2. The summed E-state index contributed by atoms with van der Waals surface area (Å²) in [5.41, 5.74) is 2.10. The lowest BCUT2D eigenvalue weighted by molar-refractivity contribution is -0.00622. The third-order valence-corrected chi connectivity index (χ3v) is 6.54. The fourth-order valence-electron chi connectivity index (χ4n) is 5.98. The zero-order valence-corrected chi connectivity index (χ0v) is 14.9. The van der Waals surface area contributed by atoms with E-state index in [1.54, 1.807) is 7.11 Å². The van der Waals surface area contributed by atoms with Gasteiger partial charge in [-0.1, -0.05) is 6.92 Å². The van der Waals surface area contributed by atoms with Gasteiger partial charge in [0.25, 0.3) is 0 Å². The van der Waals surface area contributed by atoms with Crippen LogP contribution in [-0.4, -0.2) is 25.0 Å². The Morgan fingerprint density at radius 1 is 1.17 bits per heavy atom. The summed E-state index contributed by atoms with van der Waals surface area (Å²) in [6.07, 6.45) is 10.8. The summed E-state index contributed by atoms with van der Waals surface area (Å²) in [6, 6.07) is 4.01. The van der Waals surface area contributed by atoms with Crippen molar-refractivity contribution in [2.75, 3.05) is 13.7 Å². The molecule has 0 atom stereocenters. The molecule has 0 saturated heterocycles. The average molecular weight is 327 g/mol. The van der Waals surface area contributed by atoms with Gasteiger partial charge in [-0.25, -0.2) is 0 Å². The van der Waals surface area contributed by atoms with Crippen molar-refractivity contribution in [2.24, 2.45) is 22.7 Å². The Bertz CT molecular complexity index is 614. The van der Waals surface area contributed by atoms with Gasteiger partial charge in [-0.05, 0) is 80.2 Å². The predicted octanol–water partition coefficient (Wildman–Crippen LogP) is 4.70. The summed E-state index contributed by atoms with van der Waals surface area (Å²) < 4.78 is 5.55. The lowest BCUT2D eigenvalue weighted by atomic mass is 9.48. The molecule has 1 aromatic carbocycles. The van der Waals surface area contributed by atoms with Crippen LogP contribution in [0.1, 0.15) is 63.0 Å². The molecular weight excluding hydrogens is 298 g/mol. The second kappa shape index (κ2) is 6.09. The Hall–Kier alpha value is -1.51. The Morgan fingerprint density at radius 2 is 1.79 bits per heavy atom. The number of methoxy groups -OCH3 is 1. The van der Waals surface area contributed by atoms with E-state index in [0.29, 0.717) is 5.75 Å². The maximum absolute atomic E-state index is 11.0. The van der Waals surface area contributed by atoms with Crippen molar-refractivity contribution in [3.63, 3.8) is 0 Å². The van der Waals surface area contributed by atoms with Crippen molar-refractivity contribution in [3.8, 4) is 11.5 Å². The molecule has 130 valence electrons. The zero-order valence-electron chi connectivity index (χ0n) is 14.9. The second-order valence-corrected chi connectivity index (χ2v) is 8.35. The SMILES string of the molecule is CCCN=Cc1cc(OC)cc(C23CC4CC(CC(C4)C2)C3)c1O. The van der Waals surface area contributed by atoms with Gasteiger partial charge in [0.15, 0.2) is 0 Å². The molecule has 3 nitrogen and oxygen atoms in total. The molecule has 24 heavy (non-hydrogen) atoms. The molecule has 4 aliphatic rings. The average Bonchev–Trinajstić information content (AvgIpc) is 2.55. The van der Waals surface area contributed by atoms with Crippen LogP contribution >= 0.6 is 0 Å². The van der Waals surface area contributed by atoms with E-state index in [0.717, 1.165) is 47.6 Å². The van der Waals surface area contributed by atoms with E-state index < -0.39 is 0 Å². The number of phenols is 1. The van der Waals surface area contributed by atoms with Crippen molar-refractivity contribution in [2.45, 2.75) is 57.3 Å². The van der Waals surface area contributed by atoms with Crippen molar-refractivity contribution >= 4 is 6.21 Å². The van der Waals surface area contributed by atoms with Gasteiger partial charge in [0, 0.05) is 23.9 Å². The van der Waals surface area contributed by atoms with E-state index in [1.165, 1.54) is 38.5 Å². The lowest BCUT2D eigenvalue weighted by Crippen LogP contribution is -2.48. The number of hydrogen-bond donors (Lipinski definition) is 1. The molecule has 0 aromatic heterocycles. The topological polar surface area (TPSA) is 41.8 Å². The third kappa shape index (κ3) is 2.62. The standard InChI is InChI=1S/C21H29NO2/c1-3-4-22-13-17-8-18(24-2)9-19(20(17)23)21-10-14-5-15(11-21)7-16(6-14)12-21/h8-9,13-16,23H,3-7,10-12H2,1-2H3. The van der Waals surface area contributed by atoms with Crippen molar-refractivity contribution < 1.29 is 9.84 Å². The molecule has 1 aromatic rings. The van der Waals surface area contributed by atoms with E-state index in [9.17, 15) is 5.11 Å². The smallest absolute Gasteiger partial charge is 0.128 e. The van der Waals surface area contributed by atoms with Crippen LogP contribution in [0.25, 0.3) is 0 Å². The quantitative estimate of drug-likeness (QED) is 0.797. The third-order valence-electron chi connectivity index (χ3n) is 6.54. The second-order valence-electron chi connectivity index (χ2n) is 8.35. The molecule has 0 heterocycles. The van der Waals surface area contributed by atoms with Crippen molar-refractivity contribution in [1.29, 1.82) is 0 Å². The van der Waals surface area contributed by atoms with Crippen LogP contribution in [0, 0.1) is 17.8 Å². The van der Waals surface area contributed by atoms with Gasteiger partial charge in [0.1, 0.15) is 11.5 Å². The molecule has 0 aliphatic heterocycles. The Balaban J connectivity index is 1.75. The highest BCUT2D eigenvalue weighted by Gasteiger charge is 2.52. The fourth-order valence-corrected chi connectivity index (χ4v) is 5.98. The molecule has 0 radical (unpaired) electrons. The fraction of sp³-hybridized carbons (Fsp3) is 0.667. The van der Waals surface area contributed by atoms with E-state index >= 15 is 0 Å². The molecule has 0 spiro atoms. The van der Waals surface area contributed by atoms with Gasteiger partial charge < -0.3 is 9.84 Å². The van der Waals surface area contributed by atoms with E-state index in [4.69, 9.17) is 4.74 Å². The summed E-state index contributed by atoms with van der Waals surface area (Å²) in [5.74, 6) is 3.87. The van der Waals surface area contributed by atoms with Gasteiger partial charge >= 0.3 is 0 Å². The number of ether oxygens (including phenoxy) is 1. The molecule has 4 saturated carbocycles. The van der Waals surface area contributed by atoms with Gasteiger partial charge in [0.05, 0.1) is 7.11 Å². The first-order chi connectivity index (χ1) is 11.6. The maximum atomic E-state index is 11.0. The number of rotatable bonds is 5. The first-order valence-electron chi connectivity index (χ1n) is 9.55. The molecule has 3 heteroatoms. The van der Waals surface area contributed by atoms with Crippen LogP contribution in [0.5, 0.6) is 11.5 Å². The maximum Gasteiger partial charge on any atom is 0.128 e. The molecule has 1 N–H and O–H groups in total. The molecule has 4 bridgehead atoms. The highest BCUT2D eigenvalue weighted by atomic mass is 16.5. The first-order valence-corrected chi connectivity index (χ1v) is 9.55. The largest absolute Gasteiger partial charge is 0.507 e. The van der Waals surface area contributed by atoms with Crippen LogP contribution in [0.3, 0.4) is 0 Å². The molecular formula is C21H29NO2. The summed E-state index contributed by atoms with van der Waals surface area (Å²) in [5, 5.41) is 11.0. The number of nitrogens with zero attached hydrogens (tertiary/aromatic N) is 1.